The second-order valence-electron chi connectivity index (χ2n) is 10.2. The van der Waals surface area contributed by atoms with E-state index in [2.05, 4.69) is 20.6 Å². The van der Waals surface area contributed by atoms with Crippen LogP contribution in [0.5, 0.6) is 0 Å². The van der Waals surface area contributed by atoms with Crippen molar-refractivity contribution in [2.75, 3.05) is 6.54 Å². The summed E-state index contributed by atoms with van der Waals surface area (Å²) < 4.78 is 5.57. The summed E-state index contributed by atoms with van der Waals surface area (Å²) in [5.74, 6) is -0.703. The molecule has 9 nitrogen and oxygen atoms in total. The van der Waals surface area contributed by atoms with Gasteiger partial charge in [-0.3, -0.25) is 14.5 Å². The number of nitrogens with zero attached hydrogens (tertiary/aromatic N) is 2. The Morgan fingerprint density at radius 1 is 1.19 bits per heavy atom. The van der Waals surface area contributed by atoms with Crippen LogP contribution < -0.4 is 10.6 Å². The van der Waals surface area contributed by atoms with Gasteiger partial charge in [0.15, 0.2) is 0 Å². The van der Waals surface area contributed by atoms with E-state index in [1.165, 1.54) is 4.90 Å². The molecule has 1 aliphatic heterocycles. The van der Waals surface area contributed by atoms with Crippen molar-refractivity contribution in [3.8, 4) is 0 Å². The molecule has 0 bridgehead atoms. The molecule has 0 saturated carbocycles. The van der Waals surface area contributed by atoms with Crippen molar-refractivity contribution in [3.05, 3.63) is 66.0 Å². The van der Waals surface area contributed by atoms with Gasteiger partial charge in [0, 0.05) is 36.8 Å². The van der Waals surface area contributed by atoms with Gasteiger partial charge in [0.05, 0.1) is 0 Å². The second-order valence-corrected chi connectivity index (χ2v) is 10.2. The molecule has 36 heavy (non-hydrogen) atoms. The van der Waals surface area contributed by atoms with Gasteiger partial charge in [-0.2, -0.15) is 0 Å². The predicted octanol–water partition coefficient (Wildman–Crippen LogP) is 3.48. The smallest absolute Gasteiger partial charge is 0.410 e. The molecule has 0 unspecified atom stereocenters. The van der Waals surface area contributed by atoms with Gasteiger partial charge in [-0.25, -0.2) is 9.78 Å². The van der Waals surface area contributed by atoms with Crippen LogP contribution >= 0.6 is 0 Å². The molecule has 1 saturated heterocycles. The Morgan fingerprint density at radius 2 is 1.94 bits per heavy atom. The van der Waals surface area contributed by atoms with Crippen LogP contribution in [0.2, 0.25) is 0 Å². The highest BCUT2D eigenvalue weighted by Crippen LogP contribution is 2.33. The van der Waals surface area contributed by atoms with Gasteiger partial charge in [-0.05, 0) is 57.4 Å². The van der Waals surface area contributed by atoms with Crippen LogP contribution in [0, 0.1) is 0 Å². The summed E-state index contributed by atoms with van der Waals surface area (Å²) in [6, 6.07) is 12.1. The lowest BCUT2D eigenvalue weighted by Gasteiger charge is -2.28. The number of hydrogen-bond donors (Lipinski definition) is 3. The Bertz CT molecular complexity index is 1230. The fourth-order valence-electron chi connectivity index (χ4n) is 4.37. The monoisotopic (exact) mass is 491 g/mol. The van der Waals surface area contributed by atoms with Crippen molar-refractivity contribution in [1.29, 1.82) is 0 Å². The summed E-state index contributed by atoms with van der Waals surface area (Å²) in [5.41, 5.74) is 2.01. The summed E-state index contributed by atoms with van der Waals surface area (Å²) in [6.45, 7) is 7.66. The van der Waals surface area contributed by atoms with Crippen molar-refractivity contribution in [2.24, 2.45) is 0 Å². The van der Waals surface area contributed by atoms with E-state index in [1.54, 1.807) is 33.9 Å². The molecule has 4 rings (SSSR count). The summed E-state index contributed by atoms with van der Waals surface area (Å²) in [4.78, 5) is 47.7. The van der Waals surface area contributed by atoms with E-state index in [9.17, 15) is 14.4 Å². The van der Waals surface area contributed by atoms with Crippen LogP contribution in [0.25, 0.3) is 11.0 Å². The second kappa shape index (κ2) is 10.4. The summed E-state index contributed by atoms with van der Waals surface area (Å²) >= 11 is 0. The molecule has 0 radical (unpaired) electrons. The highest BCUT2D eigenvalue weighted by atomic mass is 16.6. The van der Waals surface area contributed by atoms with Crippen LogP contribution in [-0.2, 0) is 20.9 Å². The van der Waals surface area contributed by atoms with Crippen molar-refractivity contribution in [1.82, 2.24) is 25.5 Å². The number of carbonyl (C=O) groups is 3. The Balaban J connectivity index is 1.39. The Morgan fingerprint density at radius 3 is 2.67 bits per heavy atom. The molecule has 3 heterocycles. The molecule has 0 aliphatic carbocycles. The first-order valence-corrected chi connectivity index (χ1v) is 12.2. The molecule has 190 valence electrons. The number of ether oxygens (including phenoxy) is 1. The van der Waals surface area contributed by atoms with Crippen molar-refractivity contribution < 1.29 is 19.1 Å². The maximum Gasteiger partial charge on any atom is 0.410 e. The van der Waals surface area contributed by atoms with Crippen molar-refractivity contribution in [3.63, 3.8) is 0 Å². The van der Waals surface area contributed by atoms with E-state index in [0.29, 0.717) is 13.0 Å². The summed E-state index contributed by atoms with van der Waals surface area (Å²) in [5, 5.41) is 6.58. The molecule has 1 fully saturated rings. The number of amides is 3. The average molecular weight is 492 g/mol. The highest BCUT2D eigenvalue weighted by molar-refractivity contribution is 5.91. The topological polar surface area (TPSA) is 116 Å². The molecule has 0 spiro atoms. The molecule has 2 aromatic heterocycles. The molecular formula is C27H33N5O4. The fourth-order valence-corrected chi connectivity index (χ4v) is 4.37. The number of hydrogen-bond acceptors (Lipinski definition) is 5. The Hall–Kier alpha value is -3.88. The first-order chi connectivity index (χ1) is 17.1. The van der Waals surface area contributed by atoms with Gasteiger partial charge in [0.25, 0.3) is 0 Å². The minimum absolute atomic E-state index is 0.00514. The third-order valence-electron chi connectivity index (χ3n) is 6.18. The van der Waals surface area contributed by atoms with Gasteiger partial charge in [0.1, 0.15) is 23.3 Å². The molecule has 3 N–H and O–H groups in total. The number of H-pyrrole nitrogens is 1. The maximum absolute atomic E-state index is 13.3. The maximum atomic E-state index is 13.3. The van der Waals surface area contributed by atoms with Gasteiger partial charge in [0.2, 0.25) is 11.8 Å². The van der Waals surface area contributed by atoms with Crippen LogP contribution in [-0.4, -0.2) is 57.0 Å². The summed E-state index contributed by atoms with van der Waals surface area (Å²) in [6.07, 6.45) is 3.42. The van der Waals surface area contributed by atoms with Crippen LogP contribution in [0.15, 0.2) is 54.9 Å². The van der Waals surface area contributed by atoms with E-state index in [0.717, 1.165) is 22.2 Å². The number of pyridine rings is 1. The quantitative estimate of drug-likeness (QED) is 0.488. The normalized spacial score (nSPS) is 18.6. The van der Waals surface area contributed by atoms with E-state index in [4.69, 9.17) is 4.74 Å². The molecule has 1 aromatic carbocycles. The molecular weight excluding hydrogens is 458 g/mol. The van der Waals surface area contributed by atoms with Crippen molar-refractivity contribution >= 4 is 28.9 Å². The number of aromatic amines is 1. The summed E-state index contributed by atoms with van der Waals surface area (Å²) in [7, 11) is 0. The third kappa shape index (κ3) is 6.02. The minimum Gasteiger partial charge on any atom is -0.444 e. The zero-order valence-electron chi connectivity index (χ0n) is 21.1. The molecule has 3 aromatic rings. The number of rotatable bonds is 6. The van der Waals surface area contributed by atoms with E-state index >= 15 is 0 Å². The number of carbonyl (C=O) groups excluding carboxylic acids is 3. The number of aromatic nitrogens is 2. The van der Waals surface area contributed by atoms with Crippen LogP contribution in [0.3, 0.4) is 0 Å². The minimum atomic E-state index is -0.780. The molecule has 9 heteroatoms. The van der Waals surface area contributed by atoms with Gasteiger partial charge in [-0.15, -0.1) is 0 Å². The fraction of sp³-hybridized carbons (Fsp3) is 0.407. The van der Waals surface area contributed by atoms with Gasteiger partial charge < -0.3 is 20.4 Å². The van der Waals surface area contributed by atoms with E-state index in [-0.39, 0.29) is 24.3 Å². The number of fused-ring (bicyclic) bond motifs is 1. The Kier molecular flexibility index (Phi) is 7.28. The lowest BCUT2D eigenvalue weighted by molar-refractivity contribution is -0.131. The lowest BCUT2D eigenvalue weighted by atomic mass is 9.96. The SMILES string of the molecule is C[C@H](NC(=O)[C@H]1C[C@H](c2ccccc2)CN1C(=O)OC(C)(C)C)C(=O)NCc1cnc2[nH]ccc2c1. The first kappa shape index (κ1) is 25.2. The molecule has 3 amide bonds. The zero-order valence-corrected chi connectivity index (χ0v) is 21.1. The highest BCUT2D eigenvalue weighted by Gasteiger charge is 2.42. The van der Waals surface area contributed by atoms with Gasteiger partial charge in [-0.1, -0.05) is 30.3 Å². The standard InChI is InChI=1S/C27H33N5O4/c1-17(24(33)30-15-18-12-20-10-11-28-23(20)29-14-18)31-25(34)22-13-21(19-8-6-5-7-9-19)16-32(22)26(35)36-27(2,3)4/h5-12,14,17,21-22H,13,15-16H2,1-4H3,(H,28,29)(H,30,33)(H,31,34)/t17-,21-,22+/m0/s1. The lowest BCUT2D eigenvalue weighted by Crippen LogP contribution is -2.52. The third-order valence-corrected chi connectivity index (χ3v) is 6.18. The van der Waals surface area contributed by atoms with E-state index in [1.807, 2.05) is 48.7 Å². The van der Waals surface area contributed by atoms with Crippen LogP contribution in [0.1, 0.15) is 51.2 Å². The molecule has 3 atom stereocenters. The number of nitrogens with one attached hydrogen (secondary N) is 3. The first-order valence-electron chi connectivity index (χ1n) is 12.2. The van der Waals surface area contributed by atoms with Crippen molar-refractivity contribution in [2.45, 2.75) is 64.3 Å². The zero-order chi connectivity index (χ0) is 25.9. The van der Waals surface area contributed by atoms with Crippen LogP contribution in [0.4, 0.5) is 4.79 Å². The largest absolute Gasteiger partial charge is 0.444 e. The average Bonchev–Trinajstić information content (AvgIpc) is 3.49. The number of likely N-dealkylation sites (tertiary alicyclic amines) is 1. The van der Waals surface area contributed by atoms with E-state index < -0.39 is 23.8 Å². The van der Waals surface area contributed by atoms with Gasteiger partial charge >= 0.3 is 6.09 Å². The Labute approximate surface area is 210 Å². The predicted molar refractivity (Wildman–Crippen MR) is 136 cm³/mol. The number of benzene rings is 1. The molecule has 1 aliphatic rings.